The summed E-state index contributed by atoms with van der Waals surface area (Å²) in [7, 11) is 0. The third kappa shape index (κ3) is 11.7. The summed E-state index contributed by atoms with van der Waals surface area (Å²) in [6, 6.07) is 8.38. The minimum atomic E-state index is 0.0236. The Morgan fingerprint density at radius 3 is 1.85 bits per heavy atom. The smallest absolute Gasteiger partial charge is 0.216 e. The van der Waals surface area contributed by atoms with Gasteiger partial charge < -0.3 is 9.88 Å². The molecule has 2 rings (SSSR count). The van der Waals surface area contributed by atoms with Crippen LogP contribution in [0.2, 0.25) is 0 Å². The van der Waals surface area contributed by atoms with Crippen LogP contribution >= 0.6 is 0 Å². The fourth-order valence-electron chi connectivity index (χ4n) is 4.73. The number of hydrogen-bond acceptors (Lipinski definition) is 2. The molecule has 33 heavy (non-hydrogen) atoms. The first-order chi connectivity index (χ1) is 16.2. The molecule has 4 heteroatoms. The lowest BCUT2D eigenvalue weighted by Gasteiger charge is -2.10. The lowest BCUT2D eigenvalue weighted by molar-refractivity contribution is -0.118. The van der Waals surface area contributed by atoms with Crippen LogP contribution < -0.4 is 5.32 Å². The fraction of sp³-hybridized carbons (Fsp3) is 0.724. The van der Waals surface area contributed by atoms with E-state index in [9.17, 15) is 4.79 Å². The third-order valence-electron chi connectivity index (χ3n) is 6.69. The molecule has 186 valence electrons. The zero-order valence-electron chi connectivity index (χ0n) is 21.5. The number of carbonyl (C=O) groups excluding carboxylic acids is 1. The summed E-state index contributed by atoms with van der Waals surface area (Å²) >= 11 is 0. The molecule has 0 aliphatic rings. The van der Waals surface area contributed by atoms with E-state index < -0.39 is 0 Å². The van der Waals surface area contributed by atoms with E-state index in [1.165, 1.54) is 108 Å². The van der Waals surface area contributed by atoms with Crippen LogP contribution in [0.15, 0.2) is 24.3 Å². The van der Waals surface area contributed by atoms with Gasteiger partial charge >= 0.3 is 0 Å². The van der Waals surface area contributed by atoms with Gasteiger partial charge in [-0.15, -0.1) is 0 Å². The van der Waals surface area contributed by atoms with Gasteiger partial charge in [-0.1, -0.05) is 115 Å². The second-order valence-corrected chi connectivity index (χ2v) is 9.70. The largest absolute Gasteiger partial charge is 0.356 e. The molecular formula is C29H49N3O. The lowest BCUT2D eigenvalue weighted by atomic mass is 10.0. The number of amides is 1. The monoisotopic (exact) mass is 455 g/mol. The zero-order valence-corrected chi connectivity index (χ0v) is 21.5. The number of benzene rings is 1. The van der Waals surface area contributed by atoms with Crippen molar-refractivity contribution in [2.24, 2.45) is 0 Å². The fourth-order valence-corrected chi connectivity index (χ4v) is 4.73. The molecule has 4 nitrogen and oxygen atoms in total. The van der Waals surface area contributed by atoms with Crippen molar-refractivity contribution >= 4 is 16.9 Å². The molecule has 0 radical (unpaired) electrons. The molecule has 0 spiro atoms. The second kappa shape index (κ2) is 17.6. The molecule has 1 heterocycles. The number of nitrogens with zero attached hydrogens (tertiary/aromatic N) is 2. The Morgan fingerprint density at radius 1 is 0.788 bits per heavy atom. The number of nitrogens with one attached hydrogen (secondary N) is 1. The highest BCUT2D eigenvalue weighted by molar-refractivity contribution is 5.76. The van der Waals surface area contributed by atoms with Gasteiger partial charge in [-0.3, -0.25) is 4.79 Å². The molecule has 1 aromatic carbocycles. The molecule has 2 aromatic rings. The van der Waals surface area contributed by atoms with Crippen molar-refractivity contribution in [1.29, 1.82) is 0 Å². The van der Waals surface area contributed by atoms with E-state index in [1.54, 1.807) is 6.92 Å². The topological polar surface area (TPSA) is 46.9 Å². The van der Waals surface area contributed by atoms with Crippen molar-refractivity contribution in [3.63, 3.8) is 0 Å². The van der Waals surface area contributed by atoms with Crippen molar-refractivity contribution in [1.82, 2.24) is 14.9 Å². The van der Waals surface area contributed by atoms with E-state index in [1.807, 2.05) is 6.07 Å². The number of unbranched alkanes of at least 4 members (excludes halogenated alkanes) is 15. The zero-order chi connectivity index (χ0) is 23.6. The molecule has 0 unspecified atom stereocenters. The van der Waals surface area contributed by atoms with Crippen LogP contribution in [0.3, 0.4) is 0 Å². The van der Waals surface area contributed by atoms with Crippen molar-refractivity contribution in [2.75, 3.05) is 6.54 Å². The van der Waals surface area contributed by atoms with E-state index in [-0.39, 0.29) is 5.91 Å². The third-order valence-corrected chi connectivity index (χ3v) is 6.69. The van der Waals surface area contributed by atoms with Gasteiger partial charge in [-0.25, -0.2) is 4.98 Å². The molecule has 0 aliphatic heterocycles. The van der Waals surface area contributed by atoms with Gasteiger partial charge in [-0.05, 0) is 18.6 Å². The first-order valence-corrected chi connectivity index (χ1v) is 13.9. The highest BCUT2D eigenvalue weighted by atomic mass is 16.1. The van der Waals surface area contributed by atoms with Crippen molar-refractivity contribution in [3.05, 3.63) is 30.1 Å². The highest BCUT2D eigenvalue weighted by Crippen LogP contribution is 2.18. The van der Waals surface area contributed by atoms with Crippen LogP contribution in [0.1, 0.15) is 122 Å². The summed E-state index contributed by atoms with van der Waals surface area (Å²) in [5.74, 6) is 1.11. The minimum Gasteiger partial charge on any atom is -0.356 e. The van der Waals surface area contributed by atoms with Crippen molar-refractivity contribution in [3.8, 4) is 0 Å². The molecule has 0 atom stereocenters. The molecule has 1 amide bonds. The number of imidazole rings is 1. The van der Waals surface area contributed by atoms with Crippen LogP contribution in [-0.4, -0.2) is 22.0 Å². The highest BCUT2D eigenvalue weighted by Gasteiger charge is 2.10. The SMILES string of the molecule is CCCCCCCCCCCCCCCCCCn1c(CCNC(C)=O)nc2ccccc21. The average molecular weight is 456 g/mol. The predicted octanol–water partition coefficient (Wildman–Crippen LogP) is 7.98. The van der Waals surface area contributed by atoms with E-state index >= 15 is 0 Å². The maximum atomic E-state index is 11.2. The Balaban J connectivity index is 1.52. The van der Waals surface area contributed by atoms with Crippen molar-refractivity contribution < 1.29 is 4.79 Å². The lowest BCUT2D eigenvalue weighted by Crippen LogP contribution is -2.23. The summed E-state index contributed by atoms with van der Waals surface area (Å²) in [4.78, 5) is 16.0. The number of hydrogen-bond donors (Lipinski definition) is 1. The average Bonchev–Trinajstić information content (AvgIpc) is 3.16. The first-order valence-electron chi connectivity index (χ1n) is 13.9. The molecule has 0 saturated carbocycles. The van der Waals surface area contributed by atoms with Crippen LogP contribution in [0.4, 0.5) is 0 Å². The van der Waals surface area contributed by atoms with Gasteiger partial charge in [0.15, 0.2) is 0 Å². The number of para-hydroxylation sites is 2. The Labute approximate surface area is 202 Å². The van der Waals surface area contributed by atoms with Gasteiger partial charge in [0, 0.05) is 26.4 Å². The van der Waals surface area contributed by atoms with Crippen LogP contribution in [0, 0.1) is 0 Å². The summed E-state index contributed by atoms with van der Waals surface area (Å²) in [5, 5.41) is 2.90. The number of aryl methyl sites for hydroxylation is 1. The van der Waals surface area contributed by atoms with E-state index in [0.29, 0.717) is 6.54 Å². The summed E-state index contributed by atoms with van der Waals surface area (Å²) < 4.78 is 2.36. The first kappa shape index (κ1) is 27.4. The molecule has 0 aliphatic carbocycles. The number of carbonyl (C=O) groups is 1. The standard InChI is InChI=1S/C29H49N3O/c1-3-4-5-6-7-8-9-10-11-12-13-14-15-16-17-20-25-32-28-22-19-18-21-27(28)31-29(32)23-24-30-26(2)33/h18-19,21-22H,3-17,20,23-25H2,1-2H3,(H,30,33). The van der Waals surface area contributed by atoms with Gasteiger partial charge in [0.2, 0.25) is 5.91 Å². The summed E-state index contributed by atoms with van der Waals surface area (Å²) in [6.45, 7) is 5.53. The van der Waals surface area contributed by atoms with E-state index in [4.69, 9.17) is 4.98 Å². The Hall–Kier alpha value is -1.84. The summed E-state index contributed by atoms with van der Waals surface area (Å²) in [6.07, 6.45) is 23.1. The Morgan fingerprint density at radius 2 is 1.30 bits per heavy atom. The van der Waals surface area contributed by atoms with E-state index in [2.05, 4.69) is 35.0 Å². The maximum Gasteiger partial charge on any atom is 0.216 e. The van der Waals surface area contributed by atoms with Crippen LogP contribution in [0.5, 0.6) is 0 Å². The van der Waals surface area contributed by atoms with Gasteiger partial charge in [0.25, 0.3) is 0 Å². The molecule has 0 saturated heterocycles. The second-order valence-electron chi connectivity index (χ2n) is 9.70. The molecular weight excluding hydrogens is 406 g/mol. The number of fused-ring (bicyclic) bond motifs is 1. The molecule has 0 fully saturated rings. The Bertz CT molecular complexity index is 767. The number of aromatic nitrogens is 2. The van der Waals surface area contributed by atoms with Gasteiger partial charge in [0.05, 0.1) is 11.0 Å². The van der Waals surface area contributed by atoms with Gasteiger partial charge in [-0.2, -0.15) is 0 Å². The predicted molar refractivity (Wildman–Crippen MR) is 142 cm³/mol. The molecule has 0 bridgehead atoms. The quantitative estimate of drug-likeness (QED) is 0.206. The molecule has 1 N–H and O–H groups in total. The normalized spacial score (nSPS) is 11.3. The maximum absolute atomic E-state index is 11.2. The van der Waals surface area contributed by atoms with Crippen LogP contribution in [-0.2, 0) is 17.8 Å². The minimum absolute atomic E-state index is 0.0236. The molecule has 1 aromatic heterocycles. The van der Waals surface area contributed by atoms with Crippen molar-refractivity contribution in [2.45, 2.75) is 130 Å². The van der Waals surface area contributed by atoms with E-state index in [0.717, 1.165) is 24.3 Å². The van der Waals surface area contributed by atoms with Crippen LogP contribution in [0.25, 0.3) is 11.0 Å². The van der Waals surface area contributed by atoms with Gasteiger partial charge in [0.1, 0.15) is 5.82 Å². The summed E-state index contributed by atoms with van der Waals surface area (Å²) in [5.41, 5.74) is 2.28. The number of rotatable bonds is 20. The Kier molecular flexibility index (Phi) is 14.6.